The van der Waals surface area contributed by atoms with Crippen molar-refractivity contribution in [2.75, 3.05) is 13.1 Å². The Bertz CT molecular complexity index is 827. The summed E-state index contributed by atoms with van der Waals surface area (Å²) >= 11 is 0. The number of sulfonamides is 1. The van der Waals surface area contributed by atoms with Crippen LogP contribution in [0, 0.1) is 0 Å². The lowest BCUT2D eigenvalue weighted by Crippen LogP contribution is -2.38. The number of nitrogens with zero attached hydrogens (tertiary/aromatic N) is 2. The van der Waals surface area contributed by atoms with Crippen LogP contribution >= 0.6 is 0 Å². The Labute approximate surface area is 148 Å². The second-order valence-electron chi connectivity index (χ2n) is 6.89. The Morgan fingerprint density at radius 3 is 2.72 bits per heavy atom. The number of fused-ring (bicyclic) bond motifs is 1. The Balaban J connectivity index is 1.48. The Kier molecular flexibility index (Phi) is 4.62. The normalized spacial score (nSPS) is 21.4. The monoisotopic (exact) mass is 361 g/mol. The Hall–Kier alpha value is -1.70. The summed E-state index contributed by atoms with van der Waals surface area (Å²) in [6, 6.07) is 8.41. The molecule has 6 nitrogen and oxygen atoms in total. The van der Waals surface area contributed by atoms with E-state index in [4.69, 9.17) is 4.52 Å². The smallest absolute Gasteiger partial charge is 0.240 e. The van der Waals surface area contributed by atoms with Crippen molar-refractivity contribution in [2.24, 2.45) is 0 Å². The van der Waals surface area contributed by atoms with Crippen LogP contribution in [0.15, 0.2) is 39.8 Å². The highest BCUT2D eigenvalue weighted by molar-refractivity contribution is 7.89. The first-order valence-electron chi connectivity index (χ1n) is 8.88. The average molecular weight is 361 g/mol. The van der Waals surface area contributed by atoms with Crippen molar-refractivity contribution in [1.29, 1.82) is 0 Å². The van der Waals surface area contributed by atoms with E-state index in [9.17, 15) is 8.42 Å². The molecule has 7 heteroatoms. The number of hydrogen-bond donors (Lipinski definition) is 1. The van der Waals surface area contributed by atoms with Crippen LogP contribution < -0.4 is 4.72 Å². The topological polar surface area (TPSA) is 75.4 Å². The van der Waals surface area contributed by atoms with Crippen LogP contribution in [0.4, 0.5) is 0 Å². The Morgan fingerprint density at radius 1 is 1.20 bits per heavy atom. The lowest BCUT2D eigenvalue weighted by atomic mass is 9.92. The predicted octanol–water partition coefficient (Wildman–Crippen LogP) is 2.11. The molecule has 1 aromatic heterocycles. The summed E-state index contributed by atoms with van der Waals surface area (Å²) in [5.74, 6) is 0.921. The maximum absolute atomic E-state index is 12.6. The second kappa shape index (κ2) is 6.90. The molecule has 0 amide bonds. The van der Waals surface area contributed by atoms with E-state index in [2.05, 4.69) is 14.8 Å². The van der Waals surface area contributed by atoms with Crippen molar-refractivity contribution in [3.63, 3.8) is 0 Å². The van der Waals surface area contributed by atoms with E-state index in [1.807, 2.05) is 6.07 Å². The standard InChI is InChI=1S/C18H23N3O3S/c22-25(23,15-6-2-1-3-7-15)20-14-8-9-18-16(12-14)17(19-24-18)13-21-10-4-5-11-21/h1-3,6-7,14,20H,4-5,8-13H2. The second-order valence-corrected chi connectivity index (χ2v) is 8.60. The Morgan fingerprint density at radius 2 is 1.96 bits per heavy atom. The summed E-state index contributed by atoms with van der Waals surface area (Å²) < 4.78 is 33.5. The van der Waals surface area contributed by atoms with Crippen LogP contribution in [0.2, 0.25) is 0 Å². The minimum Gasteiger partial charge on any atom is -0.361 e. The third-order valence-corrected chi connectivity index (χ3v) is 6.61. The minimum absolute atomic E-state index is 0.116. The maximum Gasteiger partial charge on any atom is 0.240 e. The first-order valence-corrected chi connectivity index (χ1v) is 10.4. The molecule has 1 aliphatic heterocycles. The predicted molar refractivity (Wildman–Crippen MR) is 93.6 cm³/mol. The molecule has 4 rings (SSSR count). The number of aryl methyl sites for hydroxylation is 1. The molecule has 1 atom stereocenters. The van der Waals surface area contributed by atoms with Gasteiger partial charge in [0.2, 0.25) is 10.0 Å². The van der Waals surface area contributed by atoms with Gasteiger partial charge in [-0.15, -0.1) is 0 Å². The van der Waals surface area contributed by atoms with Gasteiger partial charge in [-0.1, -0.05) is 23.4 Å². The molecular weight excluding hydrogens is 338 g/mol. The molecule has 2 heterocycles. The molecule has 1 aromatic carbocycles. The number of nitrogens with one attached hydrogen (secondary N) is 1. The molecule has 1 aliphatic carbocycles. The molecule has 0 spiro atoms. The van der Waals surface area contributed by atoms with E-state index in [1.165, 1.54) is 12.8 Å². The summed E-state index contributed by atoms with van der Waals surface area (Å²) in [5.41, 5.74) is 2.07. The molecule has 134 valence electrons. The van der Waals surface area contributed by atoms with E-state index in [1.54, 1.807) is 24.3 Å². The summed E-state index contributed by atoms with van der Waals surface area (Å²) in [6.07, 6.45) is 4.58. The van der Waals surface area contributed by atoms with E-state index in [0.717, 1.165) is 49.5 Å². The number of aromatic nitrogens is 1. The van der Waals surface area contributed by atoms with Gasteiger partial charge in [-0.25, -0.2) is 13.1 Å². The molecule has 2 aliphatic rings. The van der Waals surface area contributed by atoms with Gasteiger partial charge in [0.05, 0.1) is 4.90 Å². The van der Waals surface area contributed by atoms with Crippen molar-refractivity contribution >= 4 is 10.0 Å². The van der Waals surface area contributed by atoms with Gasteiger partial charge in [0.15, 0.2) is 0 Å². The van der Waals surface area contributed by atoms with Crippen molar-refractivity contribution < 1.29 is 12.9 Å². The largest absolute Gasteiger partial charge is 0.361 e. The van der Waals surface area contributed by atoms with Crippen LogP contribution in [-0.4, -0.2) is 37.6 Å². The third-order valence-electron chi connectivity index (χ3n) is 5.07. The lowest BCUT2D eigenvalue weighted by Gasteiger charge is -2.23. The zero-order valence-corrected chi connectivity index (χ0v) is 15.0. The average Bonchev–Trinajstić information content (AvgIpc) is 3.26. The molecule has 1 N–H and O–H groups in total. The zero-order valence-electron chi connectivity index (χ0n) is 14.1. The maximum atomic E-state index is 12.6. The van der Waals surface area contributed by atoms with E-state index >= 15 is 0 Å². The van der Waals surface area contributed by atoms with Crippen molar-refractivity contribution in [3.05, 3.63) is 47.3 Å². The van der Waals surface area contributed by atoms with Crippen LogP contribution in [0.5, 0.6) is 0 Å². The third kappa shape index (κ3) is 3.63. The van der Waals surface area contributed by atoms with Crippen molar-refractivity contribution in [3.8, 4) is 0 Å². The molecule has 25 heavy (non-hydrogen) atoms. The van der Waals surface area contributed by atoms with Gasteiger partial charge in [0, 0.05) is 24.6 Å². The molecular formula is C18H23N3O3S. The molecule has 1 saturated heterocycles. The first-order chi connectivity index (χ1) is 12.1. The number of benzene rings is 1. The summed E-state index contributed by atoms with van der Waals surface area (Å²) in [7, 11) is -3.49. The number of likely N-dealkylation sites (tertiary alicyclic amines) is 1. The van der Waals surface area contributed by atoms with E-state index in [0.29, 0.717) is 11.3 Å². The molecule has 2 aromatic rings. The highest BCUT2D eigenvalue weighted by Crippen LogP contribution is 2.27. The van der Waals surface area contributed by atoms with Gasteiger partial charge < -0.3 is 4.52 Å². The van der Waals surface area contributed by atoms with Crippen molar-refractivity contribution in [2.45, 2.75) is 49.6 Å². The van der Waals surface area contributed by atoms with Gasteiger partial charge in [-0.05, 0) is 50.9 Å². The fraction of sp³-hybridized carbons (Fsp3) is 0.500. The molecule has 0 bridgehead atoms. The molecule has 0 radical (unpaired) electrons. The zero-order chi connectivity index (χ0) is 17.3. The van der Waals surface area contributed by atoms with Crippen LogP contribution in [-0.2, 0) is 29.4 Å². The van der Waals surface area contributed by atoms with E-state index < -0.39 is 10.0 Å². The fourth-order valence-electron chi connectivity index (χ4n) is 3.73. The molecule has 1 unspecified atom stereocenters. The van der Waals surface area contributed by atoms with Crippen molar-refractivity contribution in [1.82, 2.24) is 14.8 Å². The minimum atomic E-state index is -3.49. The van der Waals surface area contributed by atoms with Crippen LogP contribution in [0.25, 0.3) is 0 Å². The quantitative estimate of drug-likeness (QED) is 0.883. The van der Waals surface area contributed by atoms with Gasteiger partial charge >= 0.3 is 0 Å². The highest BCUT2D eigenvalue weighted by atomic mass is 32.2. The summed E-state index contributed by atoms with van der Waals surface area (Å²) in [4.78, 5) is 2.69. The number of hydrogen-bond acceptors (Lipinski definition) is 5. The lowest BCUT2D eigenvalue weighted by molar-refractivity contribution is 0.310. The first kappa shape index (κ1) is 16.8. The highest BCUT2D eigenvalue weighted by Gasteiger charge is 2.29. The molecule has 1 fully saturated rings. The summed E-state index contributed by atoms with van der Waals surface area (Å²) in [6.45, 7) is 3.01. The summed E-state index contributed by atoms with van der Waals surface area (Å²) in [5, 5.41) is 4.26. The van der Waals surface area contributed by atoms with Gasteiger partial charge in [0.25, 0.3) is 0 Å². The molecule has 0 saturated carbocycles. The van der Waals surface area contributed by atoms with E-state index in [-0.39, 0.29) is 6.04 Å². The fourth-order valence-corrected chi connectivity index (χ4v) is 5.02. The van der Waals surface area contributed by atoms with Gasteiger partial charge in [-0.3, -0.25) is 4.90 Å². The SMILES string of the molecule is O=S(=O)(NC1CCc2onc(CN3CCCC3)c2C1)c1ccccc1. The number of rotatable bonds is 5. The van der Waals surface area contributed by atoms with Gasteiger partial charge in [0.1, 0.15) is 11.5 Å². The van der Waals surface area contributed by atoms with Gasteiger partial charge in [-0.2, -0.15) is 0 Å². The van der Waals surface area contributed by atoms with Crippen LogP contribution in [0.3, 0.4) is 0 Å². The van der Waals surface area contributed by atoms with Crippen LogP contribution in [0.1, 0.15) is 36.3 Å².